The van der Waals surface area contributed by atoms with Gasteiger partial charge in [-0.1, -0.05) is 11.6 Å². The molecule has 0 atom stereocenters. The Hall–Kier alpha value is -3.28. The molecule has 0 spiro atoms. The number of hydrogen-bond donors (Lipinski definition) is 1. The molecule has 26 heavy (non-hydrogen) atoms. The molecule has 134 valence electrons. The maximum Gasteiger partial charge on any atom is 0.259 e. The number of aryl methyl sites for hydroxylation is 2. The number of nitrogens with zero attached hydrogens (tertiary/aromatic N) is 2. The van der Waals surface area contributed by atoms with Gasteiger partial charge in [-0.3, -0.25) is 4.79 Å². The number of carbonyl (C=O) groups is 1. The molecule has 0 aliphatic heterocycles. The molecule has 0 unspecified atom stereocenters. The van der Waals surface area contributed by atoms with Crippen molar-refractivity contribution in [1.29, 1.82) is 0 Å². The Balaban J connectivity index is 1.65. The van der Waals surface area contributed by atoms with Crippen molar-refractivity contribution in [1.82, 2.24) is 9.55 Å². The summed E-state index contributed by atoms with van der Waals surface area (Å²) in [5, 5.41) is 2.88. The van der Waals surface area contributed by atoms with Crippen LogP contribution in [0, 0.1) is 6.92 Å². The Morgan fingerprint density at radius 1 is 1.19 bits per heavy atom. The van der Waals surface area contributed by atoms with Crippen molar-refractivity contribution >= 4 is 11.6 Å². The van der Waals surface area contributed by atoms with Gasteiger partial charge in [-0.25, -0.2) is 4.98 Å². The van der Waals surface area contributed by atoms with Crippen molar-refractivity contribution in [3.8, 4) is 11.5 Å². The van der Waals surface area contributed by atoms with Gasteiger partial charge < -0.3 is 19.4 Å². The first-order valence-electron chi connectivity index (χ1n) is 8.22. The molecule has 0 aliphatic rings. The van der Waals surface area contributed by atoms with Crippen LogP contribution in [0.25, 0.3) is 0 Å². The quantitative estimate of drug-likeness (QED) is 0.737. The lowest BCUT2D eigenvalue weighted by molar-refractivity contribution is 0.102. The molecule has 0 bridgehead atoms. The van der Waals surface area contributed by atoms with E-state index in [0.29, 0.717) is 29.4 Å². The van der Waals surface area contributed by atoms with Gasteiger partial charge in [0.2, 0.25) is 0 Å². The van der Waals surface area contributed by atoms with Crippen LogP contribution in [0.5, 0.6) is 11.5 Å². The fourth-order valence-corrected chi connectivity index (χ4v) is 2.52. The molecule has 1 heterocycles. The summed E-state index contributed by atoms with van der Waals surface area (Å²) >= 11 is 0. The van der Waals surface area contributed by atoms with Gasteiger partial charge in [0.25, 0.3) is 5.91 Å². The molecule has 1 aromatic heterocycles. The zero-order valence-electron chi connectivity index (χ0n) is 15.0. The minimum absolute atomic E-state index is 0.216. The van der Waals surface area contributed by atoms with Crippen LogP contribution in [0.3, 0.4) is 0 Å². The van der Waals surface area contributed by atoms with Crippen LogP contribution < -0.4 is 14.8 Å². The summed E-state index contributed by atoms with van der Waals surface area (Å²) in [5.41, 5.74) is 2.18. The van der Waals surface area contributed by atoms with Crippen molar-refractivity contribution in [2.45, 2.75) is 13.5 Å². The second-order valence-corrected chi connectivity index (χ2v) is 5.93. The summed E-state index contributed by atoms with van der Waals surface area (Å²) in [6.45, 7) is 2.32. The molecule has 1 amide bonds. The highest BCUT2D eigenvalue weighted by Gasteiger charge is 2.12. The average molecular weight is 351 g/mol. The van der Waals surface area contributed by atoms with Gasteiger partial charge in [0, 0.05) is 25.1 Å². The molecular weight excluding hydrogens is 330 g/mol. The van der Waals surface area contributed by atoms with Gasteiger partial charge in [0.05, 0.1) is 12.7 Å². The number of benzene rings is 2. The van der Waals surface area contributed by atoms with Gasteiger partial charge in [-0.05, 0) is 43.3 Å². The van der Waals surface area contributed by atoms with E-state index in [0.717, 1.165) is 11.4 Å². The fraction of sp³-hybridized carbons (Fsp3) is 0.200. The molecule has 0 saturated carbocycles. The van der Waals surface area contributed by atoms with Gasteiger partial charge in [-0.2, -0.15) is 0 Å². The number of methoxy groups -OCH3 is 1. The van der Waals surface area contributed by atoms with Crippen molar-refractivity contribution in [2.24, 2.45) is 7.05 Å². The number of carbonyl (C=O) groups excluding carboxylic acids is 1. The third-order valence-corrected chi connectivity index (χ3v) is 4.00. The molecule has 0 radical (unpaired) electrons. The molecule has 2 aromatic carbocycles. The van der Waals surface area contributed by atoms with Crippen LogP contribution >= 0.6 is 0 Å². The van der Waals surface area contributed by atoms with E-state index in [-0.39, 0.29) is 5.91 Å². The maximum absolute atomic E-state index is 12.5. The molecule has 0 aliphatic carbocycles. The number of hydrogen-bond acceptors (Lipinski definition) is 4. The van der Waals surface area contributed by atoms with E-state index >= 15 is 0 Å². The van der Waals surface area contributed by atoms with E-state index in [1.54, 1.807) is 37.6 Å². The minimum atomic E-state index is -0.216. The third kappa shape index (κ3) is 4.03. The molecule has 3 aromatic rings. The van der Waals surface area contributed by atoms with E-state index in [2.05, 4.69) is 10.3 Å². The summed E-state index contributed by atoms with van der Waals surface area (Å²) in [7, 11) is 3.47. The first kappa shape index (κ1) is 17.5. The van der Waals surface area contributed by atoms with E-state index in [9.17, 15) is 4.79 Å². The summed E-state index contributed by atoms with van der Waals surface area (Å²) in [5.74, 6) is 1.88. The van der Waals surface area contributed by atoms with E-state index in [1.807, 2.05) is 42.9 Å². The fourth-order valence-electron chi connectivity index (χ4n) is 2.52. The van der Waals surface area contributed by atoms with Crippen LogP contribution in [0.2, 0.25) is 0 Å². The number of anilines is 1. The maximum atomic E-state index is 12.5. The van der Waals surface area contributed by atoms with Crippen molar-refractivity contribution < 1.29 is 14.3 Å². The number of ether oxygens (including phenoxy) is 2. The Bertz CT molecular complexity index is 901. The van der Waals surface area contributed by atoms with Crippen molar-refractivity contribution in [2.75, 3.05) is 12.4 Å². The SMILES string of the molecule is COc1ccc(C)cc1C(=O)Nc1ccc(OCc2nccn2C)cc1. The van der Waals surface area contributed by atoms with Crippen LogP contribution in [-0.2, 0) is 13.7 Å². The predicted molar refractivity (Wildman–Crippen MR) is 99.7 cm³/mol. The summed E-state index contributed by atoms with van der Waals surface area (Å²) in [6, 6.07) is 12.7. The zero-order valence-corrected chi connectivity index (χ0v) is 15.0. The van der Waals surface area contributed by atoms with Gasteiger partial charge >= 0.3 is 0 Å². The average Bonchev–Trinajstić information content (AvgIpc) is 3.06. The number of aromatic nitrogens is 2. The second-order valence-electron chi connectivity index (χ2n) is 5.93. The number of rotatable bonds is 6. The lowest BCUT2D eigenvalue weighted by Crippen LogP contribution is -2.13. The van der Waals surface area contributed by atoms with Gasteiger partial charge in [-0.15, -0.1) is 0 Å². The molecule has 0 saturated heterocycles. The standard InChI is InChI=1S/C20H21N3O3/c1-14-4-9-18(25-3)17(12-14)20(24)22-15-5-7-16(8-6-15)26-13-19-21-10-11-23(19)2/h4-12H,13H2,1-3H3,(H,22,24). The summed E-state index contributed by atoms with van der Waals surface area (Å²) in [4.78, 5) is 16.7. The first-order valence-corrected chi connectivity index (χ1v) is 8.22. The topological polar surface area (TPSA) is 65.4 Å². The van der Waals surface area contributed by atoms with Crippen LogP contribution in [0.4, 0.5) is 5.69 Å². The zero-order chi connectivity index (χ0) is 18.5. The van der Waals surface area contributed by atoms with Crippen LogP contribution in [-0.4, -0.2) is 22.6 Å². The highest BCUT2D eigenvalue weighted by Crippen LogP contribution is 2.22. The first-order chi connectivity index (χ1) is 12.6. The van der Waals surface area contributed by atoms with E-state index < -0.39 is 0 Å². The van der Waals surface area contributed by atoms with E-state index in [1.165, 1.54) is 0 Å². The molecule has 1 N–H and O–H groups in total. The lowest BCUT2D eigenvalue weighted by Gasteiger charge is -2.11. The van der Waals surface area contributed by atoms with Crippen molar-refractivity contribution in [3.63, 3.8) is 0 Å². The third-order valence-electron chi connectivity index (χ3n) is 4.00. The number of nitrogens with one attached hydrogen (secondary N) is 1. The minimum Gasteiger partial charge on any atom is -0.496 e. The molecular formula is C20H21N3O3. The van der Waals surface area contributed by atoms with Crippen molar-refractivity contribution in [3.05, 3.63) is 71.8 Å². The monoisotopic (exact) mass is 351 g/mol. The number of amides is 1. The van der Waals surface area contributed by atoms with Crippen LogP contribution in [0.15, 0.2) is 54.9 Å². The lowest BCUT2D eigenvalue weighted by atomic mass is 10.1. The molecule has 3 rings (SSSR count). The Morgan fingerprint density at radius 3 is 2.62 bits per heavy atom. The molecule has 6 heteroatoms. The molecule has 6 nitrogen and oxygen atoms in total. The Labute approximate surface area is 152 Å². The Morgan fingerprint density at radius 2 is 1.96 bits per heavy atom. The smallest absolute Gasteiger partial charge is 0.259 e. The second kappa shape index (κ2) is 7.74. The van der Waals surface area contributed by atoms with Gasteiger partial charge in [0.1, 0.15) is 23.9 Å². The normalized spacial score (nSPS) is 10.4. The predicted octanol–water partition coefficient (Wildman–Crippen LogP) is 3.57. The largest absolute Gasteiger partial charge is 0.496 e. The number of imidazole rings is 1. The highest BCUT2D eigenvalue weighted by molar-refractivity contribution is 6.06. The van der Waals surface area contributed by atoms with Gasteiger partial charge in [0.15, 0.2) is 0 Å². The highest BCUT2D eigenvalue weighted by atomic mass is 16.5. The van der Waals surface area contributed by atoms with E-state index in [4.69, 9.17) is 9.47 Å². The molecule has 0 fully saturated rings. The Kier molecular flexibility index (Phi) is 5.22. The summed E-state index contributed by atoms with van der Waals surface area (Å²) in [6.07, 6.45) is 3.60. The van der Waals surface area contributed by atoms with Crippen LogP contribution in [0.1, 0.15) is 21.7 Å². The summed E-state index contributed by atoms with van der Waals surface area (Å²) < 4.78 is 12.9.